The molecule has 0 radical (unpaired) electrons. The summed E-state index contributed by atoms with van der Waals surface area (Å²) in [5.41, 5.74) is 8.83. The minimum atomic E-state index is -0.364. The molecule has 0 aliphatic rings. The molecule has 2 N–H and O–H groups in total. The third kappa shape index (κ3) is 3.51. The third-order valence-corrected chi connectivity index (χ3v) is 6.41. The van der Waals surface area contributed by atoms with Gasteiger partial charge in [0.15, 0.2) is 5.16 Å². The van der Waals surface area contributed by atoms with Crippen LogP contribution in [0.1, 0.15) is 39.4 Å². The van der Waals surface area contributed by atoms with E-state index in [1.807, 2.05) is 31.2 Å². The van der Waals surface area contributed by atoms with Crippen molar-refractivity contribution in [1.29, 1.82) is 0 Å². The number of aryl methyl sites for hydroxylation is 3. The lowest BCUT2D eigenvalue weighted by Crippen LogP contribution is -2.04. The largest absolute Gasteiger partial charge is 0.462 e. The van der Waals surface area contributed by atoms with Crippen molar-refractivity contribution in [2.75, 3.05) is 12.3 Å². The number of nitrogens with zero attached hydrogens (tertiary/aromatic N) is 6. The van der Waals surface area contributed by atoms with Crippen LogP contribution in [0.2, 0.25) is 0 Å². The van der Waals surface area contributed by atoms with Gasteiger partial charge in [-0.2, -0.15) is 0 Å². The Balaban J connectivity index is 1.65. The zero-order valence-corrected chi connectivity index (χ0v) is 18.0. The van der Waals surface area contributed by atoms with Crippen molar-refractivity contribution in [1.82, 2.24) is 29.5 Å². The first-order chi connectivity index (χ1) is 13.9. The Morgan fingerprint density at radius 2 is 2.03 bits per heavy atom. The number of anilines is 1. The summed E-state index contributed by atoms with van der Waals surface area (Å²) in [4.78, 5) is 26.8. The number of carbonyl (C=O) groups is 1. The second kappa shape index (κ2) is 7.56. The van der Waals surface area contributed by atoms with Crippen LogP contribution in [-0.4, -0.2) is 42.1 Å². The minimum Gasteiger partial charge on any atom is -0.462 e. The first kappa shape index (κ1) is 19.5. The SMILES string of the molecule is CCOC(=O)c1sc2nc(CSc3nnc4nc(C)cc(C)n34)nc(N)c2c1C. The summed E-state index contributed by atoms with van der Waals surface area (Å²) >= 11 is 2.73. The number of thioether (sulfide) groups is 1. The summed E-state index contributed by atoms with van der Waals surface area (Å²) < 4.78 is 7.02. The van der Waals surface area contributed by atoms with Crippen molar-refractivity contribution in [3.8, 4) is 0 Å². The molecule has 0 unspecified atom stereocenters. The fraction of sp³-hybridized carbons (Fsp3) is 0.333. The van der Waals surface area contributed by atoms with E-state index in [2.05, 4.69) is 25.1 Å². The van der Waals surface area contributed by atoms with E-state index >= 15 is 0 Å². The Kier molecular flexibility index (Phi) is 5.09. The Hall–Kier alpha value is -2.79. The van der Waals surface area contributed by atoms with Gasteiger partial charge in [-0.15, -0.1) is 21.5 Å². The summed E-state index contributed by atoms with van der Waals surface area (Å²) in [5, 5.41) is 9.78. The van der Waals surface area contributed by atoms with Gasteiger partial charge in [-0.25, -0.2) is 19.7 Å². The van der Waals surface area contributed by atoms with Gasteiger partial charge in [-0.1, -0.05) is 11.8 Å². The molecule has 4 heterocycles. The standard InChI is InChI=1S/C18H19N7O2S2/c1-5-27-16(26)13-10(4)12-14(19)21-11(22-15(12)29-13)7-28-18-24-23-17-20-8(2)6-9(3)25(17)18/h6H,5,7H2,1-4H3,(H2,19,21,22). The van der Waals surface area contributed by atoms with E-state index in [1.54, 1.807) is 6.92 Å². The fourth-order valence-corrected chi connectivity index (χ4v) is 5.04. The van der Waals surface area contributed by atoms with Crippen molar-refractivity contribution in [2.24, 2.45) is 0 Å². The average molecular weight is 430 g/mol. The van der Waals surface area contributed by atoms with Crippen LogP contribution in [0.25, 0.3) is 16.0 Å². The molecule has 0 saturated carbocycles. The van der Waals surface area contributed by atoms with Gasteiger partial charge in [0.1, 0.15) is 21.3 Å². The molecule has 11 heteroatoms. The first-order valence-electron chi connectivity index (χ1n) is 8.93. The highest BCUT2D eigenvalue weighted by Gasteiger charge is 2.21. The van der Waals surface area contributed by atoms with Gasteiger partial charge in [-0.05, 0) is 39.3 Å². The Bertz CT molecular complexity index is 1250. The second-order valence-electron chi connectivity index (χ2n) is 6.43. The van der Waals surface area contributed by atoms with Gasteiger partial charge < -0.3 is 10.5 Å². The predicted octanol–water partition coefficient (Wildman–Crippen LogP) is 3.11. The van der Waals surface area contributed by atoms with E-state index in [0.717, 1.165) is 17.0 Å². The summed E-state index contributed by atoms with van der Waals surface area (Å²) in [6, 6.07) is 1.98. The molecule has 0 fully saturated rings. The van der Waals surface area contributed by atoms with Gasteiger partial charge in [0.25, 0.3) is 5.78 Å². The Morgan fingerprint density at radius 3 is 2.79 bits per heavy atom. The van der Waals surface area contributed by atoms with E-state index in [1.165, 1.54) is 23.1 Å². The first-order valence-corrected chi connectivity index (χ1v) is 10.7. The molecule has 29 heavy (non-hydrogen) atoms. The molecule has 0 bridgehead atoms. The predicted molar refractivity (Wildman–Crippen MR) is 112 cm³/mol. The van der Waals surface area contributed by atoms with Gasteiger partial charge in [0.05, 0.1) is 17.7 Å². The lowest BCUT2D eigenvalue weighted by Gasteiger charge is -2.05. The molecule has 0 saturated heterocycles. The number of rotatable bonds is 5. The van der Waals surface area contributed by atoms with Crippen LogP contribution < -0.4 is 5.73 Å². The minimum absolute atomic E-state index is 0.315. The molecule has 4 rings (SSSR count). The Labute approximate surface area is 174 Å². The molecule has 0 aliphatic heterocycles. The number of esters is 1. The molecule has 0 atom stereocenters. The molecule has 4 aromatic rings. The number of ether oxygens (including phenoxy) is 1. The van der Waals surface area contributed by atoms with E-state index in [9.17, 15) is 4.79 Å². The van der Waals surface area contributed by atoms with E-state index in [-0.39, 0.29) is 5.97 Å². The molecule has 4 aromatic heterocycles. The lowest BCUT2D eigenvalue weighted by molar-refractivity contribution is 0.0531. The van der Waals surface area contributed by atoms with Crippen LogP contribution in [-0.2, 0) is 10.5 Å². The van der Waals surface area contributed by atoms with Crippen LogP contribution in [0.15, 0.2) is 11.2 Å². The topological polar surface area (TPSA) is 121 Å². The van der Waals surface area contributed by atoms with Crippen molar-refractivity contribution in [3.05, 3.63) is 33.7 Å². The summed E-state index contributed by atoms with van der Waals surface area (Å²) in [6.07, 6.45) is 0. The molecular formula is C18H19N7O2S2. The monoisotopic (exact) mass is 429 g/mol. The zero-order valence-electron chi connectivity index (χ0n) is 16.4. The van der Waals surface area contributed by atoms with Crippen LogP contribution in [0.3, 0.4) is 0 Å². The number of nitrogens with two attached hydrogens (primary N) is 1. The number of aromatic nitrogens is 6. The highest BCUT2D eigenvalue weighted by Crippen LogP contribution is 2.34. The van der Waals surface area contributed by atoms with E-state index in [4.69, 9.17) is 10.5 Å². The van der Waals surface area contributed by atoms with Crippen molar-refractivity contribution in [3.63, 3.8) is 0 Å². The Morgan fingerprint density at radius 1 is 1.24 bits per heavy atom. The average Bonchev–Trinajstić information content (AvgIpc) is 3.21. The summed E-state index contributed by atoms with van der Waals surface area (Å²) in [7, 11) is 0. The van der Waals surface area contributed by atoms with Gasteiger partial charge in [0, 0.05) is 11.4 Å². The maximum absolute atomic E-state index is 12.2. The summed E-state index contributed by atoms with van der Waals surface area (Å²) in [5.74, 6) is 1.57. The van der Waals surface area contributed by atoms with Crippen LogP contribution in [0.5, 0.6) is 0 Å². The number of nitrogen functional groups attached to an aromatic ring is 1. The maximum Gasteiger partial charge on any atom is 0.348 e. The van der Waals surface area contributed by atoms with Crippen molar-refractivity contribution < 1.29 is 9.53 Å². The van der Waals surface area contributed by atoms with E-state index < -0.39 is 0 Å². The van der Waals surface area contributed by atoms with Gasteiger partial charge in [0.2, 0.25) is 0 Å². The number of hydrogen-bond acceptors (Lipinski definition) is 10. The number of thiophene rings is 1. The smallest absolute Gasteiger partial charge is 0.348 e. The van der Waals surface area contributed by atoms with Crippen LogP contribution in [0, 0.1) is 20.8 Å². The molecule has 0 spiro atoms. The van der Waals surface area contributed by atoms with Crippen molar-refractivity contribution in [2.45, 2.75) is 38.6 Å². The van der Waals surface area contributed by atoms with E-state index in [0.29, 0.717) is 50.0 Å². The third-order valence-electron chi connectivity index (χ3n) is 4.32. The molecular weight excluding hydrogens is 410 g/mol. The molecule has 0 aliphatic carbocycles. The quantitative estimate of drug-likeness (QED) is 0.377. The highest BCUT2D eigenvalue weighted by molar-refractivity contribution is 7.98. The maximum atomic E-state index is 12.2. The fourth-order valence-electron chi connectivity index (χ4n) is 3.09. The molecule has 0 aromatic carbocycles. The normalized spacial score (nSPS) is 11.4. The second-order valence-corrected chi connectivity index (χ2v) is 8.37. The molecule has 150 valence electrons. The molecule has 9 nitrogen and oxygen atoms in total. The lowest BCUT2D eigenvalue weighted by atomic mass is 10.2. The zero-order chi connectivity index (χ0) is 20.7. The number of carbonyl (C=O) groups excluding carboxylic acids is 1. The summed E-state index contributed by atoms with van der Waals surface area (Å²) in [6.45, 7) is 7.83. The van der Waals surface area contributed by atoms with Crippen molar-refractivity contribution >= 4 is 50.9 Å². The highest BCUT2D eigenvalue weighted by atomic mass is 32.2. The molecule has 0 amide bonds. The number of fused-ring (bicyclic) bond motifs is 2. The van der Waals surface area contributed by atoms with Gasteiger partial charge >= 0.3 is 5.97 Å². The van der Waals surface area contributed by atoms with Crippen LogP contribution >= 0.6 is 23.1 Å². The number of hydrogen-bond donors (Lipinski definition) is 1. The van der Waals surface area contributed by atoms with Gasteiger partial charge in [-0.3, -0.25) is 4.40 Å². The van der Waals surface area contributed by atoms with Crippen LogP contribution in [0.4, 0.5) is 5.82 Å².